The van der Waals surface area contributed by atoms with Crippen molar-refractivity contribution in [3.63, 3.8) is 0 Å². The Morgan fingerprint density at radius 1 is 1.09 bits per heavy atom. The molecule has 1 N–H and O–H groups in total. The number of oxazole rings is 1. The van der Waals surface area contributed by atoms with Crippen LogP contribution in [0.1, 0.15) is 16.1 Å². The summed E-state index contributed by atoms with van der Waals surface area (Å²) in [5.41, 5.74) is 1.20. The van der Waals surface area contributed by atoms with Crippen molar-refractivity contribution in [1.29, 1.82) is 0 Å². The lowest BCUT2D eigenvalue weighted by Crippen LogP contribution is -2.22. The Morgan fingerprint density at radius 2 is 1.82 bits per heavy atom. The number of nitrogens with zero attached hydrogens (tertiary/aromatic N) is 1. The predicted octanol–water partition coefficient (Wildman–Crippen LogP) is 3.41. The maximum absolute atomic E-state index is 13.5. The van der Waals surface area contributed by atoms with Crippen LogP contribution in [0.3, 0.4) is 0 Å². The summed E-state index contributed by atoms with van der Waals surface area (Å²) in [6, 6.07) is 15.6. The van der Waals surface area contributed by atoms with E-state index in [-0.39, 0.29) is 18.1 Å². The van der Waals surface area contributed by atoms with Crippen molar-refractivity contribution in [2.24, 2.45) is 0 Å². The van der Waals surface area contributed by atoms with Crippen LogP contribution < -0.4 is 5.32 Å². The van der Waals surface area contributed by atoms with Crippen LogP contribution >= 0.6 is 0 Å². The van der Waals surface area contributed by atoms with Gasteiger partial charge >= 0.3 is 0 Å². The third kappa shape index (κ3) is 3.03. The number of carbonyl (C=O) groups excluding carboxylic acids is 1. The maximum atomic E-state index is 13.5. The van der Waals surface area contributed by atoms with Crippen LogP contribution in [0.2, 0.25) is 0 Å². The largest absolute Gasteiger partial charge is 0.431 e. The molecule has 3 rings (SSSR count). The fraction of sp³-hybridized carbons (Fsp3) is 0.0588. The van der Waals surface area contributed by atoms with Gasteiger partial charge in [-0.3, -0.25) is 4.79 Å². The molecule has 22 heavy (non-hydrogen) atoms. The number of benzene rings is 2. The second-order valence-electron chi connectivity index (χ2n) is 4.67. The Morgan fingerprint density at radius 3 is 2.59 bits per heavy atom. The molecule has 3 aromatic rings. The number of hydrogen-bond donors (Lipinski definition) is 1. The van der Waals surface area contributed by atoms with Gasteiger partial charge in [-0.2, -0.15) is 0 Å². The van der Waals surface area contributed by atoms with E-state index in [1.807, 2.05) is 30.3 Å². The Kier molecular flexibility index (Phi) is 3.96. The molecule has 0 atom stereocenters. The molecular weight excluding hydrogens is 283 g/mol. The van der Waals surface area contributed by atoms with E-state index >= 15 is 0 Å². The number of rotatable bonds is 4. The van der Waals surface area contributed by atoms with Crippen LogP contribution in [0.25, 0.3) is 11.5 Å². The summed E-state index contributed by atoms with van der Waals surface area (Å²) in [7, 11) is 0. The summed E-state index contributed by atoms with van der Waals surface area (Å²) in [6.45, 7) is 0.0902. The molecular formula is C17H13FN2O2. The maximum Gasteiger partial charge on any atom is 0.288 e. The minimum absolute atomic E-state index is 0.0902. The number of halogens is 1. The number of amides is 1. The standard InChI is InChI=1S/C17H13FN2O2/c18-14-9-5-4-8-13(14)10-19-16(21)15-11-20-17(22-15)12-6-2-1-3-7-12/h1-9,11H,10H2,(H,19,21). The predicted molar refractivity (Wildman–Crippen MR) is 79.5 cm³/mol. The lowest BCUT2D eigenvalue weighted by molar-refractivity contribution is 0.0923. The van der Waals surface area contributed by atoms with Crippen molar-refractivity contribution in [3.8, 4) is 11.5 Å². The minimum atomic E-state index is -0.432. The van der Waals surface area contributed by atoms with Crippen molar-refractivity contribution in [2.45, 2.75) is 6.54 Å². The Balaban J connectivity index is 1.69. The van der Waals surface area contributed by atoms with Gasteiger partial charge in [0, 0.05) is 17.7 Å². The first-order chi connectivity index (χ1) is 10.7. The highest BCUT2D eigenvalue weighted by molar-refractivity contribution is 5.91. The zero-order valence-corrected chi connectivity index (χ0v) is 11.6. The van der Waals surface area contributed by atoms with Gasteiger partial charge in [-0.15, -0.1) is 0 Å². The molecule has 0 unspecified atom stereocenters. The fourth-order valence-corrected chi connectivity index (χ4v) is 2.00. The third-order valence-corrected chi connectivity index (χ3v) is 3.15. The summed E-state index contributed by atoms with van der Waals surface area (Å²) in [5.74, 6) is -0.324. The molecule has 1 amide bonds. The fourth-order valence-electron chi connectivity index (χ4n) is 2.00. The normalized spacial score (nSPS) is 10.4. The van der Waals surface area contributed by atoms with E-state index in [0.29, 0.717) is 11.5 Å². The van der Waals surface area contributed by atoms with E-state index in [4.69, 9.17) is 4.42 Å². The van der Waals surface area contributed by atoms with Gasteiger partial charge in [0.05, 0.1) is 6.20 Å². The third-order valence-electron chi connectivity index (χ3n) is 3.15. The minimum Gasteiger partial charge on any atom is -0.431 e. The Hall–Kier alpha value is -2.95. The van der Waals surface area contributed by atoms with Gasteiger partial charge in [0.2, 0.25) is 11.7 Å². The molecule has 0 saturated heterocycles. The van der Waals surface area contributed by atoms with Crippen LogP contribution in [0, 0.1) is 5.82 Å². The number of carbonyl (C=O) groups is 1. The smallest absolute Gasteiger partial charge is 0.288 e. The number of aromatic nitrogens is 1. The molecule has 0 spiro atoms. The van der Waals surface area contributed by atoms with Gasteiger partial charge in [-0.25, -0.2) is 9.37 Å². The summed E-state index contributed by atoms with van der Waals surface area (Å²) in [6.07, 6.45) is 1.36. The van der Waals surface area contributed by atoms with Crippen molar-refractivity contribution in [2.75, 3.05) is 0 Å². The van der Waals surface area contributed by atoms with E-state index in [1.165, 1.54) is 12.3 Å². The van der Waals surface area contributed by atoms with Gasteiger partial charge in [0.1, 0.15) is 5.82 Å². The van der Waals surface area contributed by atoms with E-state index in [2.05, 4.69) is 10.3 Å². The van der Waals surface area contributed by atoms with Crippen LogP contribution in [-0.4, -0.2) is 10.9 Å². The monoisotopic (exact) mass is 296 g/mol. The van der Waals surface area contributed by atoms with Crippen LogP contribution in [-0.2, 0) is 6.54 Å². The quantitative estimate of drug-likeness (QED) is 0.802. The van der Waals surface area contributed by atoms with E-state index in [9.17, 15) is 9.18 Å². The average molecular weight is 296 g/mol. The van der Waals surface area contributed by atoms with Gasteiger partial charge in [-0.1, -0.05) is 36.4 Å². The highest BCUT2D eigenvalue weighted by Crippen LogP contribution is 2.18. The average Bonchev–Trinajstić information content (AvgIpc) is 3.05. The Labute approximate surface area is 126 Å². The highest BCUT2D eigenvalue weighted by atomic mass is 19.1. The van der Waals surface area contributed by atoms with Crippen LogP contribution in [0.5, 0.6) is 0 Å². The Bertz CT molecular complexity index is 784. The highest BCUT2D eigenvalue weighted by Gasteiger charge is 2.13. The number of hydrogen-bond acceptors (Lipinski definition) is 3. The zero-order chi connectivity index (χ0) is 15.4. The number of nitrogens with one attached hydrogen (secondary N) is 1. The molecule has 1 heterocycles. The lowest BCUT2D eigenvalue weighted by Gasteiger charge is -2.04. The summed E-state index contributed by atoms with van der Waals surface area (Å²) in [5, 5.41) is 2.61. The van der Waals surface area contributed by atoms with Crippen molar-refractivity contribution < 1.29 is 13.6 Å². The molecule has 4 nitrogen and oxygen atoms in total. The van der Waals surface area contributed by atoms with Crippen LogP contribution in [0.15, 0.2) is 65.2 Å². The first kappa shape index (κ1) is 14.0. The SMILES string of the molecule is O=C(NCc1ccccc1F)c1cnc(-c2ccccc2)o1. The van der Waals surface area contributed by atoms with E-state index in [1.54, 1.807) is 18.2 Å². The molecule has 0 radical (unpaired) electrons. The van der Waals surface area contributed by atoms with E-state index in [0.717, 1.165) is 5.56 Å². The molecule has 0 aliphatic heterocycles. The van der Waals surface area contributed by atoms with Crippen LogP contribution in [0.4, 0.5) is 4.39 Å². The molecule has 110 valence electrons. The van der Waals surface area contributed by atoms with Crippen molar-refractivity contribution in [3.05, 3.63) is 77.9 Å². The molecule has 0 saturated carbocycles. The molecule has 0 bridgehead atoms. The van der Waals surface area contributed by atoms with Crippen molar-refractivity contribution >= 4 is 5.91 Å². The molecule has 0 aliphatic carbocycles. The van der Waals surface area contributed by atoms with Crippen molar-refractivity contribution in [1.82, 2.24) is 10.3 Å². The summed E-state index contributed by atoms with van der Waals surface area (Å²) in [4.78, 5) is 16.1. The molecule has 2 aromatic carbocycles. The topological polar surface area (TPSA) is 55.1 Å². The van der Waals surface area contributed by atoms with Gasteiger partial charge < -0.3 is 9.73 Å². The second-order valence-corrected chi connectivity index (χ2v) is 4.67. The van der Waals surface area contributed by atoms with E-state index < -0.39 is 5.91 Å². The molecule has 0 aliphatic rings. The zero-order valence-electron chi connectivity index (χ0n) is 11.6. The second kappa shape index (κ2) is 6.22. The van der Waals surface area contributed by atoms with Gasteiger partial charge in [0.25, 0.3) is 5.91 Å². The summed E-state index contributed by atoms with van der Waals surface area (Å²) < 4.78 is 18.9. The molecule has 5 heteroatoms. The summed E-state index contributed by atoms with van der Waals surface area (Å²) >= 11 is 0. The van der Waals surface area contributed by atoms with Gasteiger partial charge in [0.15, 0.2) is 0 Å². The lowest BCUT2D eigenvalue weighted by atomic mass is 10.2. The molecule has 0 fully saturated rings. The molecule has 1 aromatic heterocycles. The first-order valence-electron chi connectivity index (χ1n) is 6.77. The van der Waals surface area contributed by atoms with Gasteiger partial charge in [-0.05, 0) is 18.2 Å². The first-order valence-corrected chi connectivity index (χ1v) is 6.77.